The van der Waals surface area contributed by atoms with E-state index in [-0.39, 0.29) is 11.8 Å². The van der Waals surface area contributed by atoms with Crippen molar-refractivity contribution in [3.8, 4) is 11.5 Å². The third-order valence-corrected chi connectivity index (χ3v) is 5.02. The molecule has 2 heterocycles. The van der Waals surface area contributed by atoms with Crippen LogP contribution in [0.2, 0.25) is 0 Å². The summed E-state index contributed by atoms with van der Waals surface area (Å²) in [4.78, 5) is 12.7. The van der Waals surface area contributed by atoms with Crippen LogP contribution in [-0.4, -0.2) is 29.4 Å². The summed E-state index contributed by atoms with van der Waals surface area (Å²) in [5.74, 6) is 1.35. The van der Waals surface area contributed by atoms with E-state index in [1.54, 1.807) is 7.11 Å². The Morgan fingerprint density at radius 2 is 2.19 bits per heavy atom. The van der Waals surface area contributed by atoms with E-state index in [1.807, 2.05) is 41.1 Å². The lowest BCUT2D eigenvalue weighted by molar-refractivity contribution is -0.126. The van der Waals surface area contributed by atoms with Gasteiger partial charge in [-0.25, -0.2) is 0 Å². The molecule has 1 unspecified atom stereocenters. The third kappa shape index (κ3) is 3.35. The lowest BCUT2D eigenvalue weighted by atomic mass is 9.96. The first kappa shape index (κ1) is 17.4. The second kappa shape index (κ2) is 7.31. The smallest absolute Gasteiger partial charge is 0.227 e. The molecule has 1 aliphatic heterocycles. The Morgan fingerprint density at radius 3 is 3.00 bits per heavy atom. The first-order valence-corrected chi connectivity index (χ1v) is 9.21. The lowest BCUT2D eigenvalue weighted by Crippen LogP contribution is -2.37. The third-order valence-electron chi connectivity index (χ3n) is 5.02. The summed E-state index contributed by atoms with van der Waals surface area (Å²) >= 11 is 0. The van der Waals surface area contributed by atoms with Crippen LogP contribution >= 0.6 is 0 Å². The molecule has 1 N–H and O–H groups in total. The van der Waals surface area contributed by atoms with Crippen LogP contribution in [-0.2, 0) is 24.3 Å². The van der Waals surface area contributed by atoms with Crippen molar-refractivity contribution in [1.82, 2.24) is 15.1 Å². The van der Waals surface area contributed by atoms with Crippen LogP contribution in [0, 0.1) is 5.92 Å². The highest BCUT2D eigenvalue weighted by Gasteiger charge is 2.26. The minimum Gasteiger partial charge on any atom is -0.497 e. The quantitative estimate of drug-likeness (QED) is 0.755. The van der Waals surface area contributed by atoms with Gasteiger partial charge < -0.3 is 14.8 Å². The molecule has 0 radical (unpaired) electrons. The summed E-state index contributed by atoms with van der Waals surface area (Å²) < 4.78 is 13.0. The molecule has 3 aromatic rings. The number of carbonyl (C=O) groups excluding carboxylic acids is 1. The second-order valence-electron chi connectivity index (χ2n) is 6.68. The first-order chi connectivity index (χ1) is 13.2. The number of hydrogen-bond donors (Lipinski definition) is 1. The molecule has 6 nitrogen and oxygen atoms in total. The predicted molar refractivity (Wildman–Crippen MR) is 103 cm³/mol. The number of aromatic nitrogens is 2. The summed E-state index contributed by atoms with van der Waals surface area (Å²) in [6.07, 6.45) is 0.662. The van der Waals surface area contributed by atoms with E-state index >= 15 is 0 Å². The average Bonchev–Trinajstić information content (AvgIpc) is 3.09. The van der Waals surface area contributed by atoms with Crippen molar-refractivity contribution in [1.29, 1.82) is 0 Å². The van der Waals surface area contributed by atoms with Crippen molar-refractivity contribution >= 4 is 16.8 Å². The molecule has 1 aromatic heterocycles. The zero-order valence-corrected chi connectivity index (χ0v) is 15.6. The molecule has 140 valence electrons. The molecule has 2 aromatic carbocycles. The number of methoxy groups -OCH3 is 1. The largest absolute Gasteiger partial charge is 0.497 e. The fourth-order valence-electron chi connectivity index (χ4n) is 3.53. The van der Waals surface area contributed by atoms with Crippen LogP contribution in [0.25, 0.3) is 10.9 Å². The number of rotatable bonds is 5. The van der Waals surface area contributed by atoms with E-state index in [9.17, 15) is 4.79 Å². The van der Waals surface area contributed by atoms with Gasteiger partial charge in [-0.15, -0.1) is 0 Å². The molecule has 0 spiro atoms. The Labute approximate surface area is 158 Å². The molecule has 0 aliphatic carbocycles. The number of ether oxygens (including phenoxy) is 2. The molecule has 0 fully saturated rings. The number of nitrogens with zero attached hydrogens (tertiary/aromatic N) is 2. The Morgan fingerprint density at radius 1 is 1.33 bits per heavy atom. The van der Waals surface area contributed by atoms with Gasteiger partial charge in [-0.1, -0.05) is 24.3 Å². The topological polar surface area (TPSA) is 65.4 Å². The van der Waals surface area contributed by atoms with Crippen molar-refractivity contribution in [2.75, 3.05) is 13.7 Å². The van der Waals surface area contributed by atoms with Crippen LogP contribution in [0.1, 0.15) is 18.2 Å². The fraction of sp³-hybridized carbons (Fsp3) is 0.333. The Balaban J connectivity index is 1.44. The van der Waals surface area contributed by atoms with E-state index in [1.165, 1.54) is 0 Å². The van der Waals surface area contributed by atoms with Gasteiger partial charge in [0.25, 0.3) is 0 Å². The lowest BCUT2D eigenvalue weighted by Gasteiger charge is -2.24. The van der Waals surface area contributed by atoms with E-state index in [2.05, 4.69) is 23.4 Å². The molecule has 0 saturated carbocycles. The van der Waals surface area contributed by atoms with Crippen LogP contribution in [0.4, 0.5) is 0 Å². The summed E-state index contributed by atoms with van der Waals surface area (Å²) in [6.45, 7) is 3.65. The van der Waals surface area contributed by atoms with Crippen molar-refractivity contribution in [3.05, 3.63) is 53.7 Å². The summed E-state index contributed by atoms with van der Waals surface area (Å²) in [5, 5.41) is 8.75. The molecule has 6 heteroatoms. The van der Waals surface area contributed by atoms with Gasteiger partial charge in [0.15, 0.2) is 0 Å². The van der Waals surface area contributed by atoms with E-state index in [0.29, 0.717) is 19.6 Å². The highest BCUT2D eigenvalue weighted by atomic mass is 16.5. The number of para-hydroxylation sites is 1. The van der Waals surface area contributed by atoms with Crippen LogP contribution in [0.15, 0.2) is 42.5 Å². The number of benzene rings is 2. The zero-order valence-electron chi connectivity index (χ0n) is 15.6. The fourth-order valence-corrected chi connectivity index (χ4v) is 3.53. The first-order valence-electron chi connectivity index (χ1n) is 9.21. The molecule has 1 amide bonds. The number of carbonyl (C=O) groups is 1. The summed E-state index contributed by atoms with van der Waals surface area (Å²) in [6, 6.07) is 13.8. The number of fused-ring (bicyclic) bond motifs is 2. The van der Waals surface area contributed by atoms with Gasteiger partial charge in [0.2, 0.25) is 5.91 Å². The van der Waals surface area contributed by atoms with Gasteiger partial charge in [0.05, 0.1) is 30.8 Å². The van der Waals surface area contributed by atoms with Gasteiger partial charge in [-0.05, 0) is 31.0 Å². The van der Waals surface area contributed by atoms with Gasteiger partial charge in [-0.3, -0.25) is 9.48 Å². The van der Waals surface area contributed by atoms with Gasteiger partial charge in [0, 0.05) is 18.0 Å². The SMILES string of the molecule is CCn1nc(CNC(=O)C2COc3cc(OC)ccc3C2)c2ccccc21. The average molecular weight is 365 g/mol. The maximum absolute atomic E-state index is 12.7. The van der Waals surface area contributed by atoms with E-state index in [0.717, 1.165) is 40.2 Å². The minimum atomic E-state index is -0.203. The maximum Gasteiger partial charge on any atom is 0.227 e. The van der Waals surface area contributed by atoms with Crippen molar-refractivity contribution in [2.45, 2.75) is 26.4 Å². The monoisotopic (exact) mass is 365 g/mol. The number of aryl methyl sites for hydroxylation is 1. The Kier molecular flexibility index (Phi) is 4.71. The molecule has 1 atom stereocenters. The molecule has 0 saturated heterocycles. The normalized spacial score (nSPS) is 15.9. The van der Waals surface area contributed by atoms with Crippen LogP contribution < -0.4 is 14.8 Å². The van der Waals surface area contributed by atoms with Crippen LogP contribution in [0.3, 0.4) is 0 Å². The van der Waals surface area contributed by atoms with Gasteiger partial charge in [-0.2, -0.15) is 5.10 Å². The highest BCUT2D eigenvalue weighted by molar-refractivity contribution is 5.83. The summed E-state index contributed by atoms with van der Waals surface area (Å²) in [7, 11) is 1.63. The maximum atomic E-state index is 12.7. The van der Waals surface area contributed by atoms with Crippen molar-refractivity contribution in [3.63, 3.8) is 0 Å². The molecule has 0 bridgehead atoms. The van der Waals surface area contributed by atoms with Crippen molar-refractivity contribution in [2.24, 2.45) is 5.92 Å². The van der Waals surface area contributed by atoms with Crippen LogP contribution in [0.5, 0.6) is 11.5 Å². The summed E-state index contributed by atoms with van der Waals surface area (Å²) in [5.41, 5.74) is 3.01. The molecule has 1 aliphatic rings. The number of hydrogen-bond acceptors (Lipinski definition) is 4. The molecule has 4 rings (SSSR count). The predicted octanol–water partition coefficient (Wildman–Crippen LogP) is 2.93. The number of amides is 1. The van der Waals surface area contributed by atoms with E-state index < -0.39 is 0 Å². The minimum absolute atomic E-state index is 0.00778. The standard InChI is InChI=1S/C21H23N3O3/c1-3-24-19-7-5-4-6-17(19)18(23-24)12-22-21(25)15-10-14-8-9-16(26-2)11-20(14)27-13-15/h4-9,11,15H,3,10,12-13H2,1-2H3,(H,22,25). The Hall–Kier alpha value is -3.02. The molecular weight excluding hydrogens is 342 g/mol. The molecular formula is C21H23N3O3. The van der Waals surface area contributed by atoms with Gasteiger partial charge in [0.1, 0.15) is 18.1 Å². The van der Waals surface area contributed by atoms with Crippen molar-refractivity contribution < 1.29 is 14.3 Å². The van der Waals surface area contributed by atoms with Gasteiger partial charge >= 0.3 is 0 Å². The number of nitrogens with one attached hydrogen (secondary N) is 1. The second-order valence-corrected chi connectivity index (χ2v) is 6.68. The highest BCUT2D eigenvalue weighted by Crippen LogP contribution is 2.31. The molecule has 27 heavy (non-hydrogen) atoms. The zero-order chi connectivity index (χ0) is 18.8. The Bertz CT molecular complexity index is 980. The van der Waals surface area contributed by atoms with E-state index in [4.69, 9.17) is 9.47 Å².